The van der Waals surface area contributed by atoms with Gasteiger partial charge in [-0.2, -0.15) is 0 Å². The number of halogens is 1. The van der Waals surface area contributed by atoms with Crippen molar-refractivity contribution in [2.24, 2.45) is 5.92 Å². The molecule has 1 unspecified atom stereocenters. The van der Waals surface area contributed by atoms with Gasteiger partial charge in [-0.1, -0.05) is 98.9 Å². The van der Waals surface area contributed by atoms with Crippen LogP contribution in [0.4, 0.5) is 0 Å². The van der Waals surface area contributed by atoms with E-state index in [1.807, 2.05) is 11.3 Å². The number of unbranched alkanes of at least 4 members (excludes halogenated alkanes) is 1. The predicted molar refractivity (Wildman–Crippen MR) is 162 cm³/mol. The first-order valence-electron chi connectivity index (χ1n) is 13.6. The van der Waals surface area contributed by atoms with Gasteiger partial charge in [0.25, 0.3) is 0 Å². The Morgan fingerprint density at radius 2 is 1.39 bits per heavy atom. The average molecular weight is 558 g/mol. The van der Waals surface area contributed by atoms with Crippen molar-refractivity contribution in [2.45, 2.75) is 71.6 Å². The fourth-order valence-electron chi connectivity index (χ4n) is 6.20. The second-order valence-corrected chi connectivity index (χ2v) is 12.8. The number of hydrogen-bond donors (Lipinski definition) is 0. The van der Waals surface area contributed by atoms with Crippen LogP contribution in [0.15, 0.2) is 77.3 Å². The summed E-state index contributed by atoms with van der Waals surface area (Å²) in [7, 11) is 0. The predicted octanol–water partition coefficient (Wildman–Crippen LogP) is 11.3. The van der Waals surface area contributed by atoms with Crippen LogP contribution in [0, 0.1) is 5.92 Å². The van der Waals surface area contributed by atoms with E-state index >= 15 is 0 Å². The number of hydrogen-bond acceptors (Lipinski definition) is 1. The Morgan fingerprint density at radius 3 is 2.06 bits per heavy atom. The van der Waals surface area contributed by atoms with Crippen LogP contribution in [0.5, 0.6) is 0 Å². The zero-order valence-electron chi connectivity index (χ0n) is 22.0. The minimum absolute atomic E-state index is 0.0851. The van der Waals surface area contributed by atoms with Gasteiger partial charge in [-0.05, 0) is 101 Å². The molecule has 0 saturated heterocycles. The molecule has 0 bridgehead atoms. The van der Waals surface area contributed by atoms with Crippen molar-refractivity contribution in [3.8, 4) is 32.0 Å². The van der Waals surface area contributed by atoms with Crippen molar-refractivity contribution in [2.75, 3.05) is 0 Å². The van der Waals surface area contributed by atoms with Crippen LogP contribution in [0.25, 0.3) is 32.0 Å². The lowest BCUT2D eigenvalue weighted by molar-refractivity contribution is 0.377. The van der Waals surface area contributed by atoms with Crippen molar-refractivity contribution in [1.29, 1.82) is 0 Å². The molecule has 0 saturated carbocycles. The molecule has 1 aromatic heterocycles. The Bertz CT molecular complexity index is 1340. The van der Waals surface area contributed by atoms with Gasteiger partial charge in [0.05, 0.1) is 0 Å². The molecule has 1 heterocycles. The molecule has 36 heavy (non-hydrogen) atoms. The van der Waals surface area contributed by atoms with E-state index in [1.165, 1.54) is 91.7 Å². The highest BCUT2D eigenvalue weighted by atomic mass is 79.9. The van der Waals surface area contributed by atoms with Gasteiger partial charge in [-0.15, -0.1) is 11.3 Å². The maximum Gasteiger partial charge on any atom is 0.0349 e. The monoisotopic (exact) mass is 556 g/mol. The molecule has 1 aliphatic rings. The summed E-state index contributed by atoms with van der Waals surface area (Å²) < 4.78 is 1.18. The van der Waals surface area contributed by atoms with Crippen molar-refractivity contribution in [3.63, 3.8) is 0 Å². The van der Waals surface area contributed by atoms with Gasteiger partial charge in [-0.3, -0.25) is 0 Å². The second kappa shape index (κ2) is 10.7. The van der Waals surface area contributed by atoms with Gasteiger partial charge >= 0.3 is 0 Å². The third-order valence-electron chi connectivity index (χ3n) is 7.70. The third kappa shape index (κ3) is 4.75. The Hall–Kier alpha value is -2.16. The Morgan fingerprint density at radius 1 is 0.750 bits per heavy atom. The second-order valence-electron chi connectivity index (χ2n) is 10.8. The Balaban J connectivity index is 1.54. The molecule has 3 aromatic carbocycles. The van der Waals surface area contributed by atoms with Crippen LogP contribution in [0.1, 0.15) is 76.5 Å². The lowest BCUT2D eigenvalue weighted by atomic mass is 9.69. The zero-order chi connectivity index (χ0) is 25.3. The molecule has 2 heteroatoms. The van der Waals surface area contributed by atoms with Gasteiger partial charge < -0.3 is 0 Å². The van der Waals surface area contributed by atoms with Crippen molar-refractivity contribution in [3.05, 3.63) is 94.0 Å². The quantitative estimate of drug-likeness (QED) is 0.192. The molecular formula is C34H37BrS. The number of thiophene rings is 1. The molecule has 0 nitrogen and oxygen atoms in total. The molecule has 1 aliphatic carbocycles. The highest BCUT2D eigenvalue weighted by Crippen LogP contribution is 2.55. The number of benzene rings is 3. The average Bonchev–Trinajstić information content (AvgIpc) is 3.45. The summed E-state index contributed by atoms with van der Waals surface area (Å²) >= 11 is 5.69. The van der Waals surface area contributed by atoms with E-state index < -0.39 is 0 Å². The summed E-state index contributed by atoms with van der Waals surface area (Å²) in [5.41, 5.74) is 10.1. The first-order valence-corrected chi connectivity index (χ1v) is 15.2. The zero-order valence-corrected chi connectivity index (χ0v) is 24.4. The molecule has 5 rings (SSSR count). The van der Waals surface area contributed by atoms with Gasteiger partial charge in [0, 0.05) is 19.6 Å². The fourth-order valence-corrected chi connectivity index (χ4v) is 7.57. The van der Waals surface area contributed by atoms with Crippen LogP contribution in [-0.2, 0) is 11.8 Å². The summed E-state index contributed by atoms with van der Waals surface area (Å²) in [6, 6.07) is 28.0. The summed E-state index contributed by atoms with van der Waals surface area (Å²) in [6.07, 6.45) is 7.23. The molecule has 1 atom stereocenters. The molecule has 0 spiro atoms. The Labute approximate surface area is 229 Å². The third-order valence-corrected chi connectivity index (χ3v) is 9.38. The summed E-state index contributed by atoms with van der Waals surface area (Å²) in [4.78, 5) is 2.71. The SMILES string of the molecule is CCCCc1ccc(-c2ccc(-c3ccc4c(c3)C(CCC)(CC(C)C)c3cc(Br)ccc3-4)s2)cc1. The van der Waals surface area contributed by atoms with Gasteiger partial charge in [0.2, 0.25) is 0 Å². The minimum Gasteiger partial charge on any atom is -0.135 e. The van der Waals surface area contributed by atoms with E-state index in [9.17, 15) is 0 Å². The van der Waals surface area contributed by atoms with Crippen molar-refractivity contribution < 1.29 is 0 Å². The van der Waals surface area contributed by atoms with Crippen molar-refractivity contribution >= 4 is 27.3 Å². The highest BCUT2D eigenvalue weighted by Gasteiger charge is 2.43. The van der Waals surface area contributed by atoms with Crippen molar-refractivity contribution in [1.82, 2.24) is 0 Å². The van der Waals surface area contributed by atoms with E-state index in [-0.39, 0.29) is 5.41 Å². The normalized spacial score (nSPS) is 16.4. The summed E-state index contributed by atoms with van der Waals surface area (Å²) in [5.74, 6) is 0.631. The molecule has 0 fully saturated rings. The fraction of sp³-hybridized carbons (Fsp3) is 0.353. The molecule has 186 valence electrons. The first kappa shape index (κ1) is 25.5. The standard InChI is InChI=1S/C34H37BrS/c1-5-7-8-24-9-11-25(12-10-24)32-17-18-33(36-32)26-13-15-28-29-16-14-27(35)21-31(29)34(19-6-2,22-23(3)4)30(28)20-26/h9-18,20-21,23H,5-8,19,22H2,1-4H3. The van der Waals surface area contributed by atoms with E-state index in [2.05, 4.69) is 116 Å². The lowest BCUT2D eigenvalue weighted by Gasteiger charge is -2.34. The largest absolute Gasteiger partial charge is 0.135 e. The highest BCUT2D eigenvalue weighted by molar-refractivity contribution is 9.10. The minimum atomic E-state index is 0.0851. The van der Waals surface area contributed by atoms with Crippen LogP contribution in [0.2, 0.25) is 0 Å². The summed E-state index contributed by atoms with van der Waals surface area (Å²) in [6.45, 7) is 9.33. The smallest absolute Gasteiger partial charge is 0.0349 e. The first-order chi connectivity index (χ1) is 17.4. The number of fused-ring (bicyclic) bond motifs is 3. The Kier molecular flexibility index (Phi) is 7.56. The molecule has 0 N–H and O–H groups in total. The van der Waals surface area contributed by atoms with E-state index in [0.717, 1.165) is 0 Å². The maximum absolute atomic E-state index is 3.77. The topological polar surface area (TPSA) is 0 Å². The van der Waals surface area contributed by atoms with Crippen LogP contribution in [-0.4, -0.2) is 0 Å². The lowest BCUT2D eigenvalue weighted by Crippen LogP contribution is -2.27. The molecular weight excluding hydrogens is 520 g/mol. The molecule has 0 aliphatic heterocycles. The van der Waals surface area contributed by atoms with E-state index in [1.54, 1.807) is 0 Å². The van der Waals surface area contributed by atoms with Crippen LogP contribution < -0.4 is 0 Å². The van der Waals surface area contributed by atoms with E-state index in [4.69, 9.17) is 0 Å². The van der Waals surface area contributed by atoms with Gasteiger partial charge in [-0.25, -0.2) is 0 Å². The van der Waals surface area contributed by atoms with Gasteiger partial charge in [0.1, 0.15) is 0 Å². The van der Waals surface area contributed by atoms with E-state index in [0.29, 0.717) is 5.92 Å². The molecule has 4 aromatic rings. The van der Waals surface area contributed by atoms with Gasteiger partial charge in [0.15, 0.2) is 0 Å². The molecule has 0 amide bonds. The van der Waals surface area contributed by atoms with Crippen LogP contribution in [0.3, 0.4) is 0 Å². The molecule has 0 radical (unpaired) electrons. The maximum atomic E-state index is 3.77. The number of rotatable bonds is 9. The number of aryl methyl sites for hydroxylation is 1. The van der Waals surface area contributed by atoms with Crippen LogP contribution >= 0.6 is 27.3 Å². The summed E-state index contributed by atoms with van der Waals surface area (Å²) in [5, 5.41) is 0.